The number of benzene rings is 2. The fourth-order valence-electron chi connectivity index (χ4n) is 1.43. The number of hydrogen-bond donors (Lipinski definition) is 0. The topological polar surface area (TPSA) is 0 Å². The van der Waals surface area contributed by atoms with Gasteiger partial charge in [0.25, 0.3) is 0 Å². The van der Waals surface area contributed by atoms with Gasteiger partial charge >= 0.3 is 117 Å². The second-order valence-corrected chi connectivity index (χ2v) is 10.3. The van der Waals surface area contributed by atoms with Crippen LogP contribution in [0.5, 0.6) is 0 Å². The molecule has 0 radical (unpaired) electrons. The molecule has 0 atom stereocenters. The third-order valence-electron chi connectivity index (χ3n) is 2.49. The Morgan fingerprint density at radius 1 is 0.722 bits per heavy atom. The first-order chi connectivity index (χ1) is 8.56. The monoisotopic (exact) mass is 378 g/mol. The van der Waals surface area contributed by atoms with Crippen LogP contribution < -0.4 is 8.92 Å². The quantitative estimate of drug-likeness (QED) is 0.718. The third kappa shape index (κ3) is 3.43. The maximum atomic E-state index is 13.1. The van der Waals surface area contributed by atoms with Crippen LogP contribution in [0.1, 0.15) is 11.1 Å². The van der Waals surface area contributed by atoms with E-state index in [4.69, 9.17) is 0 Å². The van der Waals surface area contributed by atoms with Gasteiger partial charge in [-0.3, -0.25) is 0 Å². The van der Waals surface area contributed by atoms with Gasteiger partial charge < -0.3 is 0 Å². The Morgan fingerprint density at radius 3 is 1.44 bits per heavy atom. The molecule has 0 aliphatic carbocycles. The molecule has 0 fully saturated rings. The number of rotatable bonds is 3. The van der Waals surface area contributed by atoms with E-state index < -0.39 is 0 Å². The molecule has 2 aromatic rings. The van der Waals surface area contributed by atoms with Crippen LogP contribution >= 0.6 is 0 Å². The summed E-state index contributed by atoms with van der Waals surface area (Å²) in [5, 5.41) is 0. The van der Waals surface area contributed by atoms with Crippen molar-refractivity contribution in [1.82, 2.24) is 0 Å². The van der Waals surface area contributed by atoms with Gasteiger partial charge in [-0.15, -0.1) is 0 Å². The Hall–Kier alpha value is -0.661. The number of aryl methyl sites for hydroxylation is 2. The van der Waals surface area contributed by atoms with Gasteiger partial charge in [-0.05, 0) is 0 Å². The fraction of sp³-hybridized carbons (Fsp3) is 0.143. The van der Waals surface area contributed by atoms with Gasteiger partial charge in [0, 0.05) is 0 Å². The summed E-state index contributed by atoms with van der Waals surface area (Å²) >= 11 is 0.630. The molecule has 0 saturated heterocycles. The Kier molecular flexibility index (Phi) is 4.58. The summed E-state index contributed by atoms with van der Waals surface area (Å²) < 4.78 is 28.7. The van der Waals surface area contributed by atoms with E-state index in [1.807, 2.05) is 24.3 Å². The predicted molar refractivity (Wildman–Crippen MR) is 73.1 cm³/mol. The predicted octanol–water partition coefficient (Wildman–Crippen LogP) is 1.86. The first kappa shape index (κ1) is 13.8. The Labute approximate surface area is 117 Å². The molecule has 0 nitrogen and oxygen atoms in total. The van der Waals surface area contributed by atoms with Crippen LogP contribution in [-0.4, -0.2) is 26.3 Å². The van der Waals surface area contributed by atoms with Gasteiger partial charge in [-0.2, -0.15) is 0 Å². The average molecular weight is 376 g/mol. The normalized spacial score (nSPS) is 10.7. The van der Waals surface area contributed by atoms with E-state index in [0.29, 0.717) is 37.4 Å². The molecule has 0 aromatic heterocycles. The van der Waals surface area contributed by atoms with E-state index in [0.717, 1.165) is 0 Å². The minimum absolute atomic E-state index is 0.153. The van der Waals surface area contributed by atoms with E-state index in [-0.39, 0.29) is 11.6 Å². The van der Waals surface area contributed by atoms with Crippen molar-refractivity contribution in [3.8, 4) is 0 Å². The molecule has 0 heterocycles. The summed E-state index contributed by atoms with van der Waals surface area (Å²) in [4.78, 5) is 0. The summed E-state index contributed by atoms with van der Waals surface area (Å²) in [6.45, 7) is 3.56. The van der Waals surface area contributed by atoms with Gasteiger partial charge in [-0.25, -0.2) is 0 Å². The SMILES string of the molecule is Cc1cc([Se][Se]c2ccc(F)c(C)c2)ccc1F. The zero-order valence-corrected chi connectivity index (χ0v) is 13.5. The Balaban J connectivity index is 2.06. The van der Waals surface area contributed by atoms with E-state index in [9.17, 15) is 8.78 Å². The standard InChI is InChI=1S/C14H12F2Se2/c1-9-7-11(3-5-13(9)15)17-18-12-4-6-14(16)10(2)8-12/h3-8H,1-2H3. The zero-order chi connectivity index (χ0) is 13.1. The van der Waals surface area contributed by atoms with E-state index in [1.54, 1.807) is 13.8 Å². The zero-order valence-electron chi connectivity index (χ0n) is 10.0. The molecule has 94 valence electrons. The van der Waals surface area contributed by atoms with Crippen LogP contribution in [0.15, 0.2) is 36.4 Å². The molecule has 0 saturated carbocycles. The van der Waals surface area contributed by atoms with Gasteiger partial charge in [-0.1, -0.05) is 0 Å². The number of hydrogen-bond acceptors (Lipinski definition) is 0. The molecule has 0 amide bonds. The molecule has 2 rings (SSSR count). The first-order valence-corrected chi connectivity index (χ1v) is 11.5. The van der Waals surface area contributed by atoms with Crippen molar-refractivity contribution >= 4 is 35.2 Å². The number of halogens is 2. The van der Waals surface area contributed by atoms with Gasteiger partial charge in [0.2, 0.25) is 0 Å². The molecule has 0 unspecified atom stereocenters. The molecule has 0 N–H and O–H groups in total. The maximum absolute atomic E-state index is 13.1. The molecule has 0 bridgehead atoms. The fourth-order valence-corrected chi connectivity index (χ4v) is 7.66. The summed E-state index contributed by atoms with van der Waals surface area (Å²) in [6.07, 6.45) is 0. The Bertz CT molecular complexity index is 516. The van der Waals surface area contributed by atoms with Crippen LogP contribution in [0.25, 0.3) is 0 Å². The molecular formula is C14H12F2Se2. The van der Waals surface area contributed by atoms with Crippen molar-refractivity contribution in [3.63, 3.8) is 0 Å². The molecule has 4 heteroatoms. The van der Waals surface area contributed by atoms with Crippen LogP contribution in [0, 0.1) is 25.5 Å². The molecule has 18 heavy (non-hydrogen) atoms. The molecule has 0 spiro atoms. The van der Waals surface area contributed by atoms with Crippen LogP contribution in [0.2, 0.25) is 0 Å². The second kappa shape index (κ2) is 5.99. The summed E-state index contributed by atoms with van der Waals surface area (Å²) in [7, 11) is 0. The van der Waals surface area contributed by atoms with Gasteiger partial charge in [0.15, 0.2) is 0 Å². The second-order valence-electron chi connectivity index (χ2n) is 3.99. The van der Waals surface area contributed by atoms with Gasteiger partial charge in [0.1, 0.15) is 0 Å². The van der Waals surface area contributed by atoms with Crippen molar-refractivity contribution in [2.75, 3.05) is 0 Å². The first-order valence-electron chi connectivity index (χ1n) is 5.43. The minimum atomic E-state index is -0.153. The summed E-state index contributed by atoms with van der Waals surface area (Å²) in [5.74, 6) is -0.306. The van der Waals surface area contributed by atoms with Crippen LogP contribution in [-0.2, 0) is 0 Å². The van der Waals surface area contributed by atoms with Crippen molar-refractivity contribution in [2.45, 2.75) is 13.8 Å². The summed E-state index contributed by atoms with van der Waals surface area (Å²) in [6, 6.07) is 10.6. The van der Waals surface area contributed by atoms with E-state index in [1.165, 1.54) is 21.1 Å². The molecule has 2 aromatic carbocycles. The van der Waals surface area contributed by atoms with Crippen LogP contribution in [0.3, 0.4) is 0 Å². The van der Waals surface area contributed by atoms with Crippen molar-refractivity contribution in [1.29, 1.82) is 0 Å². The molecular weight excluding hydrogens is 364 g/mol. The van der Waals surface area contributed by atoms with E-state index in [2.05, 4.69) is 0 Å². The molecule has 0 aliphatic heterocycles. The third-order valence-corrected chi connectivity index (χ3v) is 9.65. The van der Waals surface area contributed by atoms with Gasteiger partial charge in [0.05, 0.1) is 0 Å². The summed E-state index contributed by atoms with van der Waals surface area (Å²) in [5.41, 5.74) is 1.39. The van der Waals surface area contributed by atoms with Crippen molar-refractivity contribution in [3.05, 3.63) is 59.2 Å². The molecule has 0 aliphatic rings. The van der Waals surface area contributed by atoms with Crippen molar-refractivity contribution < 1.29 is 8.78 Å². The average Bonchev–Trinajstić information content (AvgIpc) is 2.35. The van der Waals surface area contributed by atoms with Crippen LogP contribution in [0.4, 0.5) is 8.78 Å². The van der Waals surface area contributed by atoms with E-state index >= 15 is 0 Å². The van der Waals surface area contributed by atoms with Crippen molar-refractivity contribution in [2.24, 2.45) is 0 Å². The Morgan fingerprint density at radius 2 is 1.11 bits per heavy atom.